The summed E-state index contributed by atoms with van der Waals surface area (Å²) in [4.78, 5) is 9.36. The molecule has 0 amide bonds. The largest absolute Gasteiger partial charge is 0.508 e. The van der Waals surface area contributed by atoms with E-state index in [-0.39, 0.29) is 11.9 Å². The predicted octanol–water partition coefficient (Wildman–Crippen LogP) is 1.31. The quantitative estimate of drug-likeness (QED) is 0.684. The first kappa shape index (κ1) is 9.30. The van der Waals surface area contributed by atoms with Crippen LogP contribution in [0.25, 0.3) is 0 Å². The SMILES string of the molecule is CCP(=O)(O)c1ccc(O)cc1. The summed E-state index contributed by atoms with van der Waals surface area (Å²) in [5.41, 5.74) is 0. The van der Waals surface area contributed by atoms with Crippen LogP contribution >= 0.6 is 7.37 Å². The summed E-state index contributed by atoms with van der Waals surface area (Å²) in [6, 6.07) is 5.76. The van der Waals surface area contributed by atoms with Crippen LogP contribution < -0.4 is 5.30 Å². The summed E-state index contributed by atoms with van der Waals surface area (Å²) < 4.78 is 11.4. The van der Waals surface area contributed by atoms with Crippen LogP contribution in [0, 0.1) is 0 Å². The maximum atomic E-state index is 11.4. The van der Waals surface area contributed by atoms with E-state index < -0.39 is 7.37 Å². The Kier molecular flexibility index (Phi) is 2.55. The van der Waals surface area contributed by atoms with Gasteiger partial charge < -0.3 is 10.00 Å². The molecule has 1 aromatic carbocycles. The van der Waals surface area contributed by atoms with Crippen LogP contribution in [-0.4, -0.2) is 16.2 Å². The molecule has 0 aromatic heterocycles. The number of hydrogen-bond donors (Lipinski definition) is 2. The topological polar surface area (TPSA) is 57.5 Å². The molecular weight excluding hydrogens is 175 g/mol. The fourth-order valence-electron chi connectivity index (χ4n) is 0.868. The number of rotatable bonds is 2. The third kappa shape index (κ3) is 1.87. The number of phenols is 1. The fraction of sp³-hybridized carbons (Fsp3) is 0.250. The van der Waals surface area contributed by atoms with E-state index in [2.05, 4.69) is 0 Å². The lowest BCUT2D eigenvalue weighted by atomic mass is 10.3. The number of hydrogen-bond acceptors (Lipinski definition) is 2. The zero-order valence-corrected chi connectivity index (χ0v) is 7.66. The van der Waals surface area contributed by atoms with Crippen molar-refractivity contribution in [2.24, 2.45) is 0 Å². The van der Waals surface area contributed by atoms with E-state index in [1.807, 2.05) is 0 Å². The standard InChI is InChI=1S/C8H11O3P/c1-2-12(10,11)8-5-3-7(9)4-6-8/h3-6,9H,2H2,1H3,(H,10,11). The van der Waals surface area contributed by atoms with Gasteiger partial charge in [0.1, 0.15) is 5.75 Å². The highest BCUT2D eigenvalue weighted by Crippen LogP contribution is 2.38. The van der Waals surface area contributed by atoms with E-state index in [9.17, 15) is 9.46 Å². The highest BCUT2D eigenvalue weighted by Gasteiger charge is 2.17. The minimum absolute atomic E-state index is 0.106. The maximum Gasteiger partial charge on any atom is 0.229 e. The van der Waals surface area contributed by atoms with Crippen LogP contribution in [0.15, 0.2) is 24.3 Å². The lowest BCUT2D eigenvalue weighted by Crippen LogP contribution is -2.04. The van der Waals surface area contributed by atoms with Crippen LogP contribution in [0.5, 0.6) is 5.75 Å². The highest BCUT2D eigenvalue weighted by atomic mass is 31.2. The summed E-state index contributed by atoms with van der Waals surface area (Å²) in [7, 11) is -3.16. The van der Waals surface area contributed by atoms with Crippen molar-refractivity contribution in [3.63, 3.8) is 0 Å². The van der Waals surface area contributed by atoms with Gasteiger partial charge in [0.25, 0.3) is 0 Å². The van der Waals surface area contributed by atoms with E-state index in [1.165, 1.54) is 24.3 Å². The van der Waals surface area contributed by atoms with Crippen molar-refractivity contribution < 1.29 is 14.6 Å². The predicted molar refractivity (Wildman–Crippen MR) is 48.1 cm³/mol. The first-order valence-corrected chi connectivity index (χ1v) is 5.52. The van der Waals surface area contributed by atoms with Crippen LogP contribution in [0.4, 0.5) is 0 Å². The molecule has 0 aliphatic carbocycles. The normalized spacial score (nSPS) is 15.5. The van der Waals surface area contributed by atoms with Crippen molar-refractivity contribution in [2.75, 3.05) is 6.16 Å². The molecule has 0 aliphatic rings. The van der Waals surface area contributed by atoms with Gasteiger partial charge in [-0.2, -0.15) is 0 Å². The molecular formula is C8H11O3P. The monoisotopic (exact) mass is 186 g/mol. The number of phenolic OH excluding ortho intramolecular Hbond substituents is 1. The summed E-state index contributed by atoms with van der Waals surface area (Å²) in [6.07, 6.45) is 0.220. The molecule has 0 fully saturated rings. The van der Waals surface area contributed by atoms with Gasteiger partial charge in [-0.05, 0) is 24.3 Å². The smallest absolute Gasteiger partial charge is 0.229 e. The Morgan fingerprint density at radius 3 is 2.25 bits per heavy atom. The van der Waals surface area contributed by atoms with Gasteiger partial charge in [0.2, 0.25) is 7.37 Å². The molecule has 1 atom stereocenters. The van der Waals surface area contributed by atoms with Crippen molar-refractivity contribution in [1.29, 1.82) is 0 Å². The molecule has 0 radical (unpaired) electrons. The van der Waals surface area contributed by atoms with Crippen LogP contribution in [0.1, 0.15) is 6.92 Å². The molecule has 66 valence electrons. The third-order valence-electron chi connectivity index (χ3n) is 1.68. The molecule has 0 spiro atoms. The van der Waals surface area contributed by atoms with Gasteiger partial charge in [0, 0.05) is 11.5 Å². The van der Waals surface area contributed by atoms with Gasteiger partial charge >= 0.3 is 0 Å². The molecule has 0 bridgehead atoms. The molecule has 3 nitrogen and oxygen atoms in total. The lowest BCUT2D eigenvalue weighted by Gasteiger charge is -2.07. The average Bonchev–Trinajstić information content (AvgIpc) is 2.05. The van der Waals surface area contributed by atoms with E-state index in [0.29, 0.717) is 5.30 Å². The summed E-state index contributed by atoms with van der Waals surface area (Å²) in [5, 5.41) is 9.32. The van der Waals surface area contributed by atoms with Crippen molar-refractivity contribution in [3.8, 4) is 5.75 Å². The van der Waals surface area contributed by atoms with E-state index >= 15 is 0 Å². The third-order valence-corrected chi connectivity index (χ3v) is 3.64. The number of benzene rings is 1. The number of aromatic hydroxyl groups is 1. The van der Waals surface area contributed by atoms with Crippen LogP contribution in [0.3, 0.4) is 0 Å². The molecule has 0 aliphatic heterocycles. The zero-order chi connectivity index (χ0) is 9.19. The molecule has 0 heterocycles. The van der Waals surface area contributed by atoms with Gasteiger partial charge in [-0.15, -0.1) is 0 Å². The van der Waals surface area contributed by atoms with Gasteiger partial charge in [-0.1, -0.05) is 6.92 Å². The second-order valence-electron chi connectivity index (χ2n) is 2.53. The Bertz CT molecular complexity index is 305. The average molecular weight is 186 g/mol. The van der Waals surface area contributed by atoms with Crippen molar-refractivity contribution in [2.45, 2.75) is 6.92 Å². The van der Waals surface area contributed by atoms with Gasteiger partial charge in [0.05, 0.1) is 0 Å². The minimum Gasteiger partial charge on any atom is -0.508 e. The zero-order valence-electron chi connectivity index (χ0n) is 6.77. The first-order valence-electron chi connectivity index (χ1n) is 3.67. The van der Waals surface area contributed by atoms with E-state index in [0.717, 1.165) is 0 Å². The second-order valence-corrected chi connectivity index (χ2v) is 5.09. The summed E-state index contributed by atoms with van der Waals surface area (Å²) in [6.45, 7) is 1.66. The Hall–Kier alpha value is -0.790. The molecule has 4 heteroatoms. The maximum absolute atomic E-state index is 11.4. The van der Waals surface area contributed by atoms with E-state index in [4.69, 9.17) is 5.11 Å². The molecule has 12 heavy (non-hydrogen) atoms. The molecule has 1 aromatic rings. The van der Waals surface area contributed by atoms with Crippen LogP contribution in [-0.2, 0) is 4.57 Å². The minimum atomic E-state index is -3.16. The molecule has 0 saturated heterocycles. The summed E-state index contributed by atoms with van der Waals surface area (Å²) in [5.74, 6) is 0.106. The lowest BCUT2D eigenvalue weighted by molar-refractivity contribution is 0.475. The second kappa shape index (κ2) is 3.30. The Morgan fingerprint density at radius 2 is 1.83 bits per heavy atom. The molecule has 1 unspecified atom stereocenters. The Labute approximate surface area is 71.1 Å². The van der Waals surface area contributed by atoms with Crippen LogP contribution in [0.2, 0.25) is 0 Å². The first-order chi connectivity index (χ1) is 5.56. The van der Waals surface area contributed by atoms with Crippen molar-refractivity contribution in [3.05, 3.63) is 24.3 Å². The van der Waals surface area contributed by atoms with Gasteiger partial charge in [0.15, 0.2) is 0 Å². The molecule has 0 saturated carbocycles. The molecule has 2 N–H and O–H groups in total. The Balaban J connectivity index is 3.05. The van der Waals surface area contributed by atoms with Gasteiger partial charge in [-0.3, -0.25) is 4.57 Å². The Morgan fingerprint density at radius 1 is 1.33 bits per heavy atom. The van der Waals surface area contributed by atoms with Crippen molar-refractivity contribution in [1.82, 2.24) is 0 Å². The highest BCUT2D eigenvalue weighted by molar-refractivity contribution is 7.66. The molecule has 1 rings (SSSR count). The fourth-order valence-corrected chi connectivity index (χ4v) is 1.85. The summed E-state index contributed by atoms with van der Waals surface area (Å²) >= 11 is 0. The van der Waals surface area contributed by atoms with E-state index in [1.54, 1.807) is 6.92 Å². The van der Waals surface area contributed by atoms with Crippen molar-refractivity contribution >= 4 is 12.7 Å². The van der Waals surface area contributed by atoms with Gasteiger partial charge in [-0.25, -0.2) is 0 Å².